The van der Waals surface area contributed by atoms with Crippen LogP contribution in [0.4, 0.5) is 5.69 Å². The third kappa shape index (κ3) is 12.9. The van der Waals surface area contributed by atoms with Crippen LogP contribution in [0, 0.1) is 0 Å². The van der Waals surface area contributed by atoms with Gasteiger partial charge in [-0.2, -0.15) is 0 Å². The third-order valence-corrected chi connectivity index (χ3v) is 5.25. The van der Waals surface area contributed by atoms with E-state index in [1.165, 1.54) is 77.7 Å². The van der Waals surface area contributed by atoms with E-state index in [1.807, 2.05) is 0 Å². The van der Waals surface area contributed by atoms with Crippen molar-refractivity contribution in [1.29, 1.82) is 0 Å². The average Bonchev–Trinajstić information content (AvgIpc) is 2.83. The van der Waals surface area contributed by atoms with Gasteiger partial charge in [-0.1, -0.05) is 96.6 Å². The van der Waals surface area contributed by atoms with Crippen LogP contribution >= 0.6 is 0 Å². The molecule has 0 aromatic heterocycles. The topological polar surface area (TPSA) is 58.9 Å². The SMILES string of the molecule is CCCCCCCCCCCCC.COC(=O)c1ccc(C=Nc2ccc(O)cc2)cc1. The minimum Gasteiger partial charge on any atom is -0.508 e. The summed E-state index contributed by atoms with van der Waals surface area (Å²) in [6.45, 7) is 4.56. The number of carbonyl (C=O) groups is 1. The summed E-state index contributed by atoms with van der Waals surface area (Å²) in [5.41, 5.74) is 2.12. The van der Waals surface area contributed by atoms with Gasteiger partial charge >= 0.3 is 5.97 Å². The number of methoxy groups -OCH3 is 1. The Kier molecular flexibility index (Phi) is 15.4. The van der Waals surface area contributed by atoms with Gasteiger partial charge in [-0.15, -0.1) is 0 Å². The smallest absolute Gasteiger partial charge is 0.337 e. The van der Waals surface area contributed by atoms with E-state index in [0.717, 1.165) is 11.3 Å². The Balaban J connectivity index is 0.000000347. The van der Waals surface area contributed by atoms with Gasteiger partial charge in [0.05, 0.1) is 18.4 Å². The number of carbonyl (C=O) groups excluding carboxylic acids is 1. The number of hydrogen-bond acceptors (Lipinski definition) is 4. The first-order chi connectivity index (χ1) is 15.6. The molecule has 0 aliphatic heterocycles. The Morgan fingerprint density at radius 1 is 0.781 bits per heavy atom. The molecule has 0 amide bonds. The number of rotatable bonds is 13. The van der Waals surface area contributed by atoms with Crippen molar-refractivity contribution in [2.45, 2.75) is 84.5 Å². The van der Waals surface area contributed by atoms with Gasteiger partial charge < -0.3 is 9.84 Å². The summed E-state index contributed by atoms with van der Waals surface area (Å²) in [5, 5.41) is 9.15. The second kappa shape index (κ2) is 18.0. The summed E-state index contributed by atoms with van der Waals surface area (Å²) in [6.07, 6.45) is 17.6. The van der Waals surface area contributed by atoms with E-state index in [-0.39, 0.29) is 11.7 Å². The molecular formula is C28H41NO3. The highest BCUT2D eigenvalue weighted by molar-refractivity contribution is 5.90. The molecule has 1 N–H and O–H groups in total. The van der Waals surface area contributed by atoms with Gasteiger partial charge in [-0.25, -0.2) is 4.79 Å². The first kappa shape index (κ1) is 27.4. The molecule has 32 heavy (non-hydrogen) atoms. The van der Waals surface area contributed by atoms with E-state index in [0.29, 0.717) is 5.56 Å². The van der Waals surface area contributed by atoms with Crippen LogP contribution in [0.1, 0.15) is 100 Å². The number of unbranched alkanes of at least 4 members (excludes halogenated alkanes) is 10. The fourth-order valence-corrected chi connectivity index (χ4v) is 3.25. The normalized spacial score (nSPS) is 10.6. The van der Waals surface area contributed by atoms with Crippen LogP contribution in [0.25, 0.3) is 0 Å². The van der Waals surface area contributed by atoms with Crippen LogP contribution in [-0.2, 0) is 4.74 Å². The molecule has 4 heteroatoms. The third-order valence-electron chi connectivity index (χ3n) is 5.25. The molecule has 176 valence electrons. The molecule has 0 radical (unpaired) electrons. The minimum absolute atomic E-state index is 0.210. The molecule has 0 heterocycles. The standard InChI is InChI=1S/C15H13NO3.C13H28/c1-19-15(18)12-4-2-11(3-5-12)10-16-13-6-8-14(17)9-7-13;1-3-5-7-9-11-13-12-10-8-6-4-2/h2-10,17H,1H3;3-13H2,1-2H3. The summed E-state index contributed by atoms with van der Waals surface area (Å²) in [7, 11) is 1.35. The number of phenols is 1. The second-order valence-corrected chi connectivity index (χ2v) is 8.07. The summed E-state index contributed by atoms with van der Waals surface area (Å²) < 4.78 is 4.62. The average molecular weight is 440 g/mol. The van der Waals surface area contributed by atoms with Gasteiger partial charge in [0.1, 0.15) is 5.75 Å². The zero-order valence-electron chi connectivity index (χ0n) is 20.2. The lowest BCUT2D eigenvalue weighted by Crippen LogP contribution is -2.00. The number of nitrogens with zero attached hydrogens (tertiary/aromatic N) is 1. The highest BCUT2D eigenvalue weighted by Crippen LogP contribution is 2.16. The number of aromatic hydroxyl groups is 1. The van der Waals surface area contributed by atoms with Crippen molar-refractivity contribution in [3.05, 3.63) is 59.7 Å². The molecular weight excluding hydrogens is 398 g/mol. The van der Waals surface area contributed by atoms with Crippen LogP contribution in [0.3, 0.4) is 0 Å². The number of ether oxygens (including phenoxy) is 1. The van der Waals surface area contributed by atoms with Crippen molar-refractivity contribution in [3.8, 4) is 5.75 Å². The molecule has 0 saturated heterocycles. The van der Waals surface area contributed by atoms with Crippen molar-refractivity contribution in [2.75, 3.05) is 7.11 Å². The van der Waals surface area contributed by atoms with Gasteiger partial charge in [0.2, 0.25) is 0 Å². The van der Waals surface area contributed by atoms with Crippen molar-refractivity contribution < 1.29 is 14.6 Å². The molecule has 0 aliphatic rings. The lowest BCUT2D eigenvalue weighted by atomic mass is 10.1. The fraction of sp³-hybridized carbons (Fsp3) is 0.500. The van der Waals surface area contributed by atoms with E-state index in [4.69, 9.17) is 5.11 Å². The molecule has 0 atom stereocenters. The van der Waals surface area contributed by atoms with Crippen LogP contribution in [0.15, 0.2) is 53.5 Å². The van der Waals surface area contributed by atoms with Crippen molar-refractivity contribution >= 4 is 17.9 Å². The quantitative estimate of drug-likeness (QED) is 0.194. The molecule has 0 saturated carbocycles. The Hall–Kier alpha value is -2.62. The lowest BCUT2D eigenvalue weighted by molar-refractivity contribution is 0.0600. The van der Waals surface area contributed by atoms with Crippen LogP contribution in [0.2, 0.25) is 0 Å². The summed E-state index contributed by atoms with van der Waals surface area (Å²) >= 11 is 0. The molecule has 2 aromatic rings. The molecule has 0 fully saturated rings. The zero-order chi connectivity index (χ0) is 23.4. The van der Waals surface area contributed by atoms with Crippen LogP contribution in [-0.4, -0.2) is 24.4 Å². The van der Waals surface area contributed by atoms with Crippen molar-refractivity contribution in [3.63, 3.8) is 0 Å². The molecule has 0 spiro atoms. The molecule has 4 nitrogen and oxygen atoms in total. The highest BCUT2D eigenvalue weighted by atomic mass is 16.5. The zero-order valence-corrected chi connectivity index (χ0v) is 20.2. The monoisotopic (exact) mass is 439 g/mol. The van der Waals surface area contributed by atoms with E-state index in [9.17, 15) is 4.79 Å². The van der Waals surface area contributed by atoms with Crippen LogP contribution < -0.4 is 0 Å². The van der Waals surface area contributed by atoms with Gasteiger partial charge in [0.15, 0.2) is 0 Å². The Morgan fingerprint density at radius 3 is 1.69 bits per heavy atom. The number of esters is 1. The maximum absolute atomic E-state index is 11.3. The summed E-state index contributed by atoms with van der Waals surface area (Å²) in [4.78, 5) is 15.5. The largest absolute Gasteiger partial charge is 0.508 e. The molecule has 2 aromatic carbocycles. The highest BCUT2D eigenvalue weighted by Gasteiger charge is 2.03. The summed E-state index contributed by atoms with van der Waals surface area (Å²) in [6, 6.07) is 13.5. The predicted molar refractivity (Wildman–Crippen MR) is 135 cm³/mol. The Labute approximate surface area is 194 Å². The number of aliphatic imine (C=N–C) groups is 1. The Bertz CT molecular complexity index is 741. The van der Waals surface area contributed by atoms with Crippen LogP contribution in [0.5, 0.6) is 5.75 Å². The first-order valence-electron chi connectivity index (χ1n) is 12.1. The van der Waals surface area contributed by atoms with E-state index < -0.39 is 0 Å². The van der Waals surface area contributed by atoms with E-state index in [2.05, 4.69) is 23.6 Å². The minimum atomic E-state index is -0.359. The van der Waals surface area contributed by atoms with Gasteiger partial charge in [-0.3, -0.25) is 4.99 Å². The maximum atomic E-state index is 11.3. The fourth-order valence-electron chi connectivity index (χ4n) is 3.25. The van der Waals surface area contributed by atoms with E-state index in [1.54, 1.807) is 54.7 Å². The number of phenolic OH excluding ortho intramolecular Hbond substituents is 1. The van der Waals surface area contributed by atoms with Gasteiger partial charge in [0.25, 0.3) is 0 Å². The predicted octanol–water partition coefficient (Wildman–Crippen LogP) is 8.25. The second-order valence-electron chi connectivity index (χ2n) is 8.07. The van der Waals surface area contributed by atoms with Crippen molar-refractivity contribution in [1.82, 2.24) is 0 Å². The summed E-state index contributed by atoms with van der Waals surface area (Å²) in [5.74, 6) is -0.150. The molecule has 0 aliphatic carbocycles. The van der Waals surface area contributed by atoms with E-state index >= 15 is 0 Å². The Morgan fingerprint density at radius 2 is 1.25 bits per heavy atom. The molecule has 0 bridgehead atoms. The number of hydrogen-bond donors (Lipinski definition) is 1. The number of benzene rings is 2. The van der Waals surface area contributed by atoms with Gasteiger partial charge in [-0.05, 0) is 42.0 Å². The first-order valence-corrected chi connectivity index (χ1v) is 12.1. The molecule has 0 unspecified atom stereocenters. The maximum Gasteiger partial charge on any atom is 0.337 e. The van der Waals surface area contributed by atoms with Gasteiger partial charge in [0, 0.05) is 6.21 Å². The molecule has 2 rings (SSSR count). The lowest BCUT2D eigenvalue weighted by Gasteiger charge is -2.00. The van der Waals surface area contributed by atoms with Crippen molar-refractivity contribution in [2.24, 2.45) is 4.99 Å².